The number of aromatic nitrogens is 2. The number of hydrogen-bond donors (Lipinski definition) is 3. The van der Waals surface area contributed by atoms with Gasteiger partial charge in [-0.1, -0.05) is 29.8 Å². The first-order valence-corrected chi connectivity index (χ1v) is 11.6. The number of carbonyl (C=O) groups is 2. The number of rotatable bonds is 8. The number of nitrogens with two attached hydrogens (primary N) is 1. The van der Waals surface area contributed by atoms with Gasteiger partial charge in [0, 0.05) is 12.0 Å². The van der Waals surface area contributed by atoms with Crippen molar-refractivity contribution in [2.24, 2.45) is 5.73 Å². The van der Waals surface area contributed by atoms with Crippen LogP contribution in [0.5, 0.6) is 0 Å². The van der Waals surface area contributed by atoms with Gasteiger partial charge in [0.25, 0.3) is 15.9 Å². The topological polar surface area (TPSA) is 144 Å². The third kappa shape index (κ3) is 6.25. The van der Waals surface area contributed by atoms with E-state index in [-0.39, 0.29) is 22.7 Å². The van der Waals surface area contributed by atoms with Crippen molar-refractivity contribution < 1.29 is 36.3 Å². The number of nitrogens with zero attached hydrogens (tertiary/aromatic N) is 2. The molecule has 9 nitrogen and oxygen atoms in total. The lowest BCUT2D eigenvalue weighted by atomic mass is 10.1. The molecule has 0 bridgehead atoms. The smallest absolute Gasteiger partial charge is 0.435 e. The van der Waals surface area contributed by atoms with E-state index in [1.54, 1.807) is 29.0 Å². The van der Waals surface area contributed by atoms with E-state index in [1.807, 2.05) is 6.92 Å². The molecule has 0 aliphatic carbocycles. The maximum Gasteiger partial charge on any atom is 0.435 e. The highest BCUT2D eigenvalue weighted by Gasteiger charge is 2.35. The normalized spacial score (nSPS) is 12.8. The maximum absolute atomic E-state index is 13.3. The van der Waals surface area contributed by atoms with E-state index in [0.29, 0.717) is 5.56 Å². The van der Waals surface area contributed by atoms with Gasteiger partial charge in [-0.25, -0.2) is 17.8 Å². The molecule has 0 aliphatic heterocycles. The first-order valence-electron chi connectivity index (χ1n) is 10.2. The highest BCUT2D eigenvalue weighted by Crippen LogP contribution is 2.33. The minimum absolute atomic E-state index is 0.144. The van der Waals surface area contributed by atoms with Crippen molar-refractivity contribution in [2.45, 2.75) is 36.9 Å². The number of nitrogens with one attached hydrogen (secondary N) is 1. The fraction of sp³-hybridized carbons (Fsp3) is 0.227. The lowest BCUT2D eigenvalue weighted by molar-refractivity contribution is -0.141. The van der Waals surface area contributed by atoms with E-state index in [9.17, 15) is 31.2 Å². The molecular weight excluding hydrogens is 489 g/mol. The van der Waals surface area contributed by atoms with Gasteiger partial charge in [0.05, 0.1) is 22.3 Å². The molecule has 0 saturated heterocycles. The molecule has 0 aliphatic rings. The molecule has 4 N–H and O–H groups in total. The van der Waals surface area contributed by atoms with Crippen LogP contribution in [0.1, 0.15) is 24.1 Å². The van der Waals surface area contributed by atoms with Crippen LogP contribution < -0.4 is 10.5 Å². The molecule has 186 valence electrons. The first kappa shape index (κ1) is 25.9. The first-order chi connectivity index (χ1) is 16.3. The summed E-state index contributed by atoms with van der Waals surface area (Å²) in [7, 11) is -4.36. The van der Waals surface area contributed by atoms with Crippen LogP contribution >= 0.6 is 0 Å². The zero-order valence-electron chi connectivity index (χ0n) is 18.3. The Morgan fingerprint density at radius 1 is 1.11 bits per heavy atom. The van der Waals surface area contributed by atoms with E-state index in [4.69, 9.17) is 10.8 Å². The summed E-state index contributed by atoms with van der Waals surface area (Å²) < 4.78 is 67.9. The van der Waals surface area contributed by atoms with E-state index in [1.165, 1.54) is 12.1 Å². The Hall–Kier alpha value is -3.71. The predicted octanol–water partition coefficient (Wildman–Crippen LogP) is 2.86. The van der Waals surface area contributed by atoms with Gasteiger partial charge in [-0.15, -0.1) is 0 Å². The minimum Gasteiger partial charge on any atom is -0.481 e. The number of carbonyl (C=O) groups excluding carboxylic acids is 1. The largest absolute Gasteiger partial charge is 0.481 e. The molecule has 1 atom stereocenters. The monoisotopic (exact) mass is 510 g/mol. The summed E-state index contributed by atoms with van der Waals surface area (Å²) in [5.41, 5.74) is 6.09. The Kier molecular flexibility index (Phi) is 7.31. The summed E-state index contributed by atoms with van der Waals surface area (Å²) in [4.78, 5) is 22.3. The number of alkyl halides is 3. The highest BCUT2D eigenvalue weighted by molar-refractivity contribution is 7.90. The Morgan fingerprint density at radius 2 is 1.71 bits per heavy atom. The summed E-state index contributed by atoms with van der Waals surface area (Å²) in [5.74, 6) is -2.28. The van der Waals surface area contributed by atoms with Crippen molar-refractivity contribution in [3.63, 3.8) is 0 Å². The van der Waals surface area contributed by atoms with Crippen LogP contribution in [-0.2, 0) is 25.8 Å². The van der Waals surface area contributed by atoms with Gasteiger partial charge in [0.1, 0.15) is 0 Å². The van der Waals surface area contributed by atoms with Gasteiger partial charge in [-0.05, 0) is 43.7 Å². The second-order valence-electron chi connectivity index (χ2n) is 7.69. The van der Waals surface area contributed by atoms with Crippen LogP contribution in [0.4, 0.5) is 13.2 Å². The average Bonchev–Trinajstić information content (AvgIpc) is 3.24. The van der Waals surface area contributed by atoms with Crippen molar-refractivity contribution in [2.75, 3.05) is 0 Å². The summed E-state index contributed by atoms with van der Waals surface area (Å²) in [5, 5.41) is 12.3. The molecule has 1 aromatic heterocycles. The lowest BCUT2D eigenvalue weighted by Crippen LogP contribution is -2.43. The van der Waals surface area contributed by atoms with Crippen LogP contribution in [0.2, 0.25) is 0 Å². The molecule has 1 amide bonds. The standard InChI is InChI=1S/C22H21F3N4O5S/c1-13-2-4-14(5-3-13)18-12-19(22(23,24)25)27-29(18)15-6-8-16(9-7-15)35(33,34)28-21(32)17(26)10-11-20(30)31/h2-9,12,17H,10-11,26H2,1H3,(H,28,32)(H,30,31)/t17-/m0/s1. The number of aryl methyl sites for hydroxylation is 1. The molecule has 0 unspecified atom stereocenters. The third-order valence-electron chi connectivity index (χ3n) is 4.98. The van der Waals surface area contributed by atoms with Crippen molar-refractivity contribution in [1.29, 1.82) is 0 Å². The van der Waals surface area contributed by atoms with Crippen LogP contribution in [-0.4, -0.2) is 41.2 Å². The van der Waals surface area contributed by atoms with Crippen molar-refractivity contribution in [3.8, 4) is 16.9 Å². The molecule has 0 radical (unpaired) electrons. The van der Waals surface area contributed by atoms with Gasteiger partial charge >= 0.3 is 12.1 Å². The Balaban J connectivity index is 1.90. The highest BCUT2D eigenvalue weighted by atomic mass is 32.2. The van der Waals surface area contributed by atoms with Crippen molar-refractivity contribution in [1.82, 2.24) is 14.5 Å². The summed E-state index contributed by atoms with van der Waals surface area (Å²) in [6.45, 7) is 1.83. The molecule has 3 aromatic rings. The molecule has 0 spiro atoms. The second-order valence-corrected chi connectivity index (χ2v) is 9.38. The number of halogens is 3. The molecule has 13 heteroatoms. The third-order valence-corrected chi connectivity index (χ3v) is 6.34. The number of benzene rings is 2. The lowest BCUT2D eigenvalue weighted by Gasteiger charge is -2.13. The van der Waals surface area contributed by atoms with Crippen LogP contribution in [0.15, 0.2) is 59.5 Å². The minimum atomic E-state index is -4.70. The average molecular weight is 510 g/mol. The Morgan fingerprint density at radius 3 is 2.26 bits per heavy atom. The number of carboxylic acid groups (broad SMARTS) is 1. The number of hydrogen-bond acceptors (Lipinski definition) is 6. The number of carboxylic acids is 1. The molecule has 0 saturated carbocycles. The van der Waals surface area contributed by atoms with Gasteiger partial charge in [-0.3, -0.25) is 9.59 Å². The summed E-state index contributed by atoms with van der Waals surface area (Å²) >= 11 is 0. The van der Waals surface area contributed by atoms with E-state index >= 15 is 0 Å². The van der Waals surface area contributed by atoms with Gasteiger partial charge in [-0.2, -0.15) is 18.3 Å². The van der Waals surface area contributed by atoms with Crippen LogP contribution in [0.3, 0.4) is 0 Å². The van der Waals surface area contributed by atoms with Crippen LogP contribution in [0.25, 0.3) is 16.9 Å². The number of amides is 1. The molecule has 2 aromatic carbocycles. The predicted molar refractivity (Wildman–Crippen MR) is 119 cm³/mol. The molecule has 0 fully saturated rings. The van der Waals surface area contributed by atoms with Crippen LogP contribution in [0, 0.1) is 6.92 Å². The number of aliphatic carboxylic acids is 1. The van der Waals surface area contributed by atoms with E-state index in [0.717, 1.165) is 28.4 Å². The molecule has 3 rings (SSSR count). The Labute approximate surface area is 198 Å². The summed E-state index contributed by atoms with van der Waals surface area (Å²) in [6, 6.07) is 11.0. The molecular formula is C22H21F3N4O5S. The van der Waals surface area contributed by atoms with E-state index < -0.39 is 46.2 Å². The van der Waals surface area contributed by atoms with Crippen molar-refractivity contribution >= 4 is 21.9 Å². The SMILES string of the molecule is Cc1ccc(-c2cc(C(F)(F)F)nn2-c2ccc(S(=O)(=O)NC(=O)[C@@H](N)CCC(=O)O)cc2)cc1. The summed E-state index contributed by atoms with van der Waals surface area (Å²) in [6.07, 6.45) is -5.38. The van der Waals surface area contributed by atoms with Gasteiger partial charge < -0.3 is 10.8 Å². The fourth-order valence-electron chi connectivity index (χ4n) is 3.09. The maximum atomic E-state index is 13.3. The van der Waals surface area contributed by atoms with Gasteiger partial charge in [0.15, 0.2) is 5.69 Å². The Bertz CT molecular complexity index is 1330. The van der Waals surface area contributed by atoms with E-state index in [2.05, 4.69) is 5.10 Å². The molecule has 1 heterocycles. The second kappa shape index (κ2) is 9.88. The zero-order valence-corrected chi connectivity index (χ0v) is 19.1. The van der Waals surface area contributed by atoms with Crippen molar-refractivity contribution in [3.05, 3.63) is 65.9 Å². The fourth-order valence-corrected chi connectivity index (χ4v) is 4.12. The molecule has 35 heavy (non-hydrogen) atoms. The quantitative estimate of drug-likeness (QED) is 0.423. The zero-order chi connectivity index (χ0) is 26.0. The number of sulfonamides is 1. The van der Waals surface area contributed by atoms with Gasteiger partial charge in [0.2, 0.25) is 0 Å².